The van der Waals surface area contributed by atoms with Gasteiger partial charge in [0.05, 0.1) is 21.2 Å². The van der Waals surface area contributed by atoms with Crippen LogP contribution in [0.5, 0.6) is 0 Å². The van der Waals surface area contributed by atoms with E-state index in [1.165, 1.54) is 10.8 Å². The van der Waals surface area contributed by atoms with Crippen LogP contribution in [0.4, 0.5) is 0 Å². The summed E-state index contributed by atoms with van der Waals surface area (Å²) in [6, 6.07) is 0. The molecular formula is C7H12O2S2. The number of hydrogen-bond donors (Lipinski definition) is 1. The van der Waals surface area contributed by atoms with Crippen molar-refractivity contribution < 1.29 is 9.32 Å². The molecule has 1 heterocycles. The molecule has 0 radical (unpaired) electrons. The lowest BCUT2D eigenvalue weighted by molar-refractivity contribution is 0.135. The quantitative estimate of drug-likeness (QED) is 0.580. The molecule has 2 bridgehead atoms. The third kappa shape index (κ3) is 1.36. The van der Waals surface area contributed by atoms with E-state index in [4.69, 9.17) is 0 Å². The lowest BCUT2D eigenvalue weighted by atomic mass is 10.0. The molecule has 1 N–H and O–H groups in total. The van der Waals surface area contributed by atoms with Gasteiger partial charge in [0, 0.05) is 5.75 Å². The van der Waals surface area contributed by atoms with Crippen molar-refractivity contribution in [2.75, 3.05) is 5.75 Å². The third-order valence-electron chi connectivity index (χ3n) is 2.62. The second-order valence-corrected chi connectivity index (χ2v) is 6.70. The maximum absolute atomic E-state index is 11.4. The van der Waals surface area contributed by atoms with Gasteiger partial charge in [-0.3, -0.25) is 0 Å². The second kappa shape index (κ2) is 3.07. The number of aliphatic hydroxyl groups is 1. The highest BCUT2D eigenvalue weighted by atomic mass is 33.1. The van der Waals surface area contributed by atoms with E-state index in [9.17, 15) is 9.32 Å². The predicted octanol–water partition coefficient (Wildman–Crippen LogP) is 0.927. The number of aliphatic hydroxyl groups excluding tert-OH is 1. The zero-order valence-electron chi connectivity index (χ0n) is 6.23. The number of fused-ring (bicyclic) bond motifs is 2. The molecule has 0 aromatic carbocycles. The van der Waals surface area contributed by atoms with Crippen molar-refractivity contribution in [2.45, 2.75) is 30.6 Å². The second-order valence-electron chi connectivity index (χ2n) is 3.24. The van der Waals surface area contributed by atoms with E-state index in [1.54, 1.807) is 0 Å². The molecular weight excluding hydrogens is 180 g/mol. The van der Waals surface area contributed by atoms with Gasteiger partial charge in [-0.05, 0) is 25.2 Å². The van der Waals surface area contributed by atoms with Crippen LogP contribution in [0.2, 0.25) is 0 Å². The van der Waals surface area contributed by atoms with Crippen LogP contribution in [-0.2, 0) is 9.83 Å². The Hall–Kier alpha value is 0.460. The van der Waals surface area contributed by atoms with Crippen molar-refractivity contribution in [1.82, 2.24) is 0 Å². The summed E-state index contributed by atoms with van der Waals surface area (Å²) < 4.78 is 11.4. The Labute approximate surface area is 72.6 Å². The molecule has 1 saturated heterocycles. The average molecular weight is 192 g/mol. The van der Waals surface area contributed by atoms with Gasteiger partial charge in [0.1, 0.15) is 0 Å². The van der Waals surface area contributed by atoms with Gasteiger partial charge in [-0.2, -0.15) is 0 Å². The first-order chi connectivity index (χ1) is 5.29. The van der Waals surface area contributed by atoms with Crippen LogP contribution in [0.3, 0.4) is 0 Å². The monoisotopic (exact) mass is 192 g/mol. The Balaban J connectivity index is 2.18. The summed E-state index contributed by atoms with van der Waals surface area (Å²) >= 11 is 0. The minimum atomic E-state index is -0.817. The summed E-state index contributed by atoms with van der Waals surface area (Å²) in [6.45, 7) is 0. The van der Waals surface area contributed by atoms with Gasteiger partial charge in [-0.25, -0.2) is 4.21 Å². The van der Waals surface area contributed by atoms with Crippen LogP contribution in [0.25, 0.3) is 0 Å². The van der Waals surface area contributed by atoms with Crippen LogP contribution in [0.1, 0.15) is 19.3 Å². The summed E-state index contributed by atoms with van der Waals surface area (Å²) in [5.74, 6) is 1.41. The average Bonchev–Trinajstić information content (AvgIpc) is 2.23. The van der Waals surface area contributed by atoms with Crippen molar-refractivity contribution in [3.63, 3.8) is 0 Å². The van der Waals surface area contributed by atoms with Gasteiger partial charge in [-0.1, -0.05) is 10.8 Å². The highest BCUT2D eigenvalue weighted by molar-refractivity contribution is 8.69. The van der Waals surface area contributed by atoms with Crippen LogP contribution < -0.4 is 0 Å². The Morgan fingerprint density at radius 1 is 1.36 bits per heavy atom. The van der Waals surface area contributed by atoms with Gasteiger partial charge in [0.15, 0.2) is 0 Å². The Kier molecular flexibility index (Phi) is 2.25. The van der Waals surface area contributed by atoms with E-state index < -0.39 is 9.83 Å². The molecule has 2 nitrogen and oxygen atoms in total. The zero-order valence-corrected chi connectivity index (χ0v) is 7.87. The molecule has 0 aromatic heterocycles. The van der Waals surface area contributed by atoms with E-state index in [-0.39, 0.29) is 11.4 Å². The van der Waals surface area contributed by atoms with Gasteiger partial charge in [-0.15, -0.1) is 0 Å². The molecule has 2 aliphatic rings. The molecule has 2 fully saturated rings. The van der Waals surface area contributed by atoms with E-state index in [0.29, 0.717) is 5.92 Å². The third-order valence-corrected chi connectivity index (χ3v) is 6.20. The lowest BCUT2D eigenvalue weighted by Crippen LogP contribution is -2.25. The van der Waals surface area contributed by atoms with Crippen molar-refractivity contribution >= 4 is 20.6 Å². The van der Waals surface area contributed by atoms with E-state index in [0.717, 1.165) is 25.0 Å². The topological polar surface area (TPSA) is 37.3 Å². The highest BCUT2D eigenvalue weighted by Gasteiger charge is 2.40. The van der Waals surface area contributed by atoms with Crippen molar-refractivity contribution in [3.8, 4) is 0 Å². The lowest BCUT2D eigenvalue weighted by Gasteiger charge is -2.12. The molecule has 0 aromatic rings. The van der Waals surface area contributed by atoms with Gasteiger partial charge < -0.3 is 5.11 Å². The molecule has 0 amide bonds. The van der Waals surface area contributed by atoms with Crippen molar-refractivity contribution in [2.24, 2.45) is 5.92 Å². The van der Waals surface area contributed by atoms with Gasteiger partial charge in [0.25, 0.3) is 0 Å². The maximum atomic E-state index is 11.4. The number of hydrogen-bond acceptors (Lipinski definition) is 3. The minimum Gasteiger partial charge on any atom is -0.392 e. The van der Waals surface area contributed by atoms with E-state index >= 15 is 0 Å². The normalized spacial score (nSPS) is 50.6. The fraction of sp³-hybridized carbons (Fsp3) is 1.00. The maximum Gasteiger partial charge on any atom is 0.0861 e. The smallest absolute Gasteiger partial charge is 0.0861 e. The molecule has 1 aliphatic carbocycles. The Morgan fingerprint density at radius 2 is 2.18 bits per heavy atom. The molecule has 1 unspecified atom stereocenters. The fourth-order valence-electron chi connectivity index (χ4n) is 1.92. The molecule has 0 spiro atoms. The predicted molar refractivity (Wildman–Crippen MR) is 47.7 cm³/mol. The zero-order chi connectivity index (χ0) is 7.84. The minimum absolute atomic E-state index is 0.0764. The Morgan fingerprint density at radius 3 is 3.00 bits per heavy atom. The van der Waals surface area contributed by atoms with Crippen LogP contribution >= 0.6 is 10.8 Å². The molecule has 1 aliphatic heterocycles. The first-order valence-electron chi connectivity index (χ1n) is 4.01. The van der Waals surface area contributed by atoms with Crippen LogP contribution in [-0.4, -0.2) is 26.4 Å². The largest absolute Gasteiger partial charge is 0.392 e. The summed E-state index contributed by atoms with van der Waals surface area (Å²) in [4.78, 5) is 0. The first-order valence-corrected chi connectivity index (χ1v) is 6.72. The fourth-order valence-corrected chi connectivity index (χ4v) is 5.37. The van der Waals surface area contributed by atoms with Crippen molar-refractivity contribution in [3.05, 3.63) is 0 Å². The molecule has 2 rings (SSSR count). The first kappa shape index (κ1) is 8.08. The molecule has 4 heteroatoms. The summed E-state index contributed by atoms with van der Waals surface area (Å²) in [6.07, 6.45) is 2.82. The molecule has 4 atom stereocenters. The number of rotatable bonds is 0. The van der Waals surface area contributed by atoms with E-state index in [1.807, 2.05) is 0 Å². The van der Waals surface area contributed by atoms with Crippen LogP contribution in [0, 0.1) is 5.92 Å². The molecule has 64 valence electrons. The van der Waals surface area contributed by atoms with Gasteiger partial charge in [0.2, 0.25) is 0 Å². The van der Waals surface area contributed by atoms with E-state index in [2.05, 4.69) is 0 Å². The standard InChI is InChI=1S/C7H12O2S2/c8-7-5-1-2-6(7)11(9)10-4-3-5/h5-8H,1-4H2/t5-,6-,7+,11?/m0/s1. The highest BCUT2D eigenvalue weighted by Crippen LogP contribution is 2.39. The SMILES string of the molecule is O=S1SCC[C@@H]2CC[C@H]1[C@@H]2O. The van der Waals surface area contributed by atoms with Crippen LogP contribution in [0.15, 0.2) is 0 Å². The summed E-state index contributed by atoms with van der Waals surface area (Å²) in [7, 11) is 0.701. The van der Waals surface area contributed by atoms with Gasteiger partial charge >= 0.3 is 0 Å². The van der Waals surface area contributed by atoms with Crippen molar-refractivity contribution in [1.29, 1.82) is 0 Å². The Bertz CT molecular complexity index is 183. The summed E-state index contributed by atoms with van der Waals surface area (Å²) in [5.41, 5.74) is 0. The molecule has 1 saturated carbocycles. The summed E-state index contributed by atoms with van der Waals surface area (Å²) in [5, 5.41) is 9.73. The molecule has 11 heavy (non-hydrogen) atoms.